The Bertz CT molecular complexity index is 766. The van der Waals surface area contributed by atoms with Gasteiger partial charge in [-0.15, -0.1) is 0 Å². The fourth-order valence-electron chi connectivity index (χ4n) is 1.71. The lowest BCUT2D eigenvalue weighted by molar-refractivity contribution is -0.384. The number of ether oxygens (including phenoxy) is 1. The Morgan fingerprint density at radius 1 is 1.45 bits per heavy atom. The minimum atomic E-state index is -0.811. The Morgan fingerprint density at radius 2 is 2.15 bits per heavy atom. The summed E-state index contributed by atoms with van der Waals surface area (Å²) in [4.78, 5) is 33.5. The van der Waals surface area contributed by atoms with Crippen LogP contribution in [0.1, 0.15) is 10.4 Å². The van der Waals surface area contributed by atoms with Gasteiger partial charge in [0.15, 0.2) is 17.1 Å². The molecule has 20 heavy (non-hydrogen) atoms. The van der Waals surface area contributed by atoms with Crippen LogP contribution in [0.5, 0.6) is 5.75 Å². The fourth-order valence-corrected chi connectivity index (χ4v) is 2.01. The molecule has 1 heterocycles. The average molecular weight is 342 g/mol. The molecule has 0 bridgehead atoms. The molecule has 8 heteroatoms. The summed E-state index contributed by atoms with van der Waals surface area (Å²) in [7, 11) is 1.30. The van der Waals surface area contributed by atoms with Crippen molar-refractivity contribution in [1.29, 1.82) is 0 Å². The molecule has 104 valence electrons. The molecule has 1 aromatic heterocycles. The number of nitro groups is 1. The molecule has 0 unspecified atom stereocenters. The molecule has 7 nitrogen and oxygen atoms in total. The molecule has 0 aliphatic carbocycles. The first-order valence-electron chi connectivity index (χ1n) is 5.37. The van der Waals surface area contributed by atoms with Crippen LogP contribution in [-0.2, 0) is 0 Å². The lowest BCUT2D eigenvalue weighted by Gasteiger charge is -2.05. The van der Waals surface area contributed by atoms with Gasteiger partial charge in [-0.05, 0) is 6.07 Å². The van der Waals surface area contributed by atoms with Crippen LogP contribution in [0.3, 0.4) is 0 Å². The van der Waals surface area contributed by atoms with Crippen molar-refractivity contribution >= 4 is 38.4 Å². The summed E-state index contributed by atoms with van der Waals surface area (Å²) in [5.74, 6) is -0.407. The van der Waals surface area contributed by atoms with Crippen molar-refractivity contribution in [3.8, 4) is 5.75 Å². The third-order valence-corrected chi connectivity index (χ3v) is 3.14. The van der Waals surface area contributed by atoms with Gasteiger partial charge in [0.25, 0.3) is 5.69 Å². The maximum Gasteiger partial charge on any atom is 0.347 e. The largest absolute Gasteiger partial charge is 0.493 e. The highest BCUT2D eigenvalue weighted by atomic mass is 79.9. The van der Waals surface area contributed by atoms with E-state index in [0.717, 1.165) is 6.07 Å². The number of hydrogen-bond donors (Lipinski definition) is 0. The van der Waals surface area contributed by atoms with Crippen LogP contribution in [0, 0.1) is 10.1 Å². The number of carbonyl (C=O) groups excluding carboxylic acids is 1. The maximum atomic E-state index is 11.7. The third-order valence-electron chi connectivity index (χ3n) is 2.64. The van der Waals surface area contributed by atoms with E-state index in [1.54, 1.807) is 0 Å². The molecule has 2 rings (SSSR count). The highest BCUT2D eigenvalue weighted by Gasteiger charge is 2.18. The summed E-state index contributed by atoms with van der Waals surface area (Å²) in [6.07, 6.45) is 0. The highest BCUT2D eigenvalue weighted by molar-refractivity contribution is 9.09. The fraction of sp³-hybridized carbons (Fsp3) is 0.167. The molecular formula is C12H8BrNO6. The van der Waals surface area contributed by atoms with Crippen LogP contribution < -0.4 is 10.4 Å². The van der Waals surface area contributed by atoms with Crippen LogP contribution in [0.15, 0.2) is 27.4 Å². The van der Waals surface area contributed by atoms with E-state index in [2.05, 4.69) is 15.9 Å². The summed E-state index contributed by atoms with van der Waals surface area (Å²) in [5, 5.41) is 11.0. The summed E-state index contributed by atoms with van der Waals surface area (Å²) in [5.41, 5.74) is -1.14. The lowest BCUT2D eigenvalue weighted by Crippen LogP contribution is -2.14. The van der Waals surface area contributed by atoms with Gasteiger partial charge in [0.2, 0.25) is 0 Å². The number of non-ortho nitro benzene ring substituents is 1. The van der Waals surface area contributed by atoms with E-state index in [4.69, 9.17) is 9.15 Å². The van der Waals surface area contributed by atoms with Gasteiger partial charge < -0.3 is 9.15 Å². The SMILES string of the molecule is COc1cc([N+](=O)[O-])cc2cc(C(=O)CBr)c(=O)oc12. The Labute approximate surface area is 120 Å². The number of methoxy groups -OCH3 is 1. The molecule has 0 N–H and O–H groups in total. The van der Waals surface area contributed by atoms with Gasteiger partial charge in [0.1, 0.15) is 5.56 Å². The van der Waals surface area contributed by atoms with E-state index >= 15 is 0 Å². The number of Topliss-reactive ketones (excluding diaryl/α,β-unsaturated/α-hetero) is 1. The van der Waals surface area contributed by atoms with Gasteiger partial charge in [-0.2, -0.15) is 0 Å². The highest BCUT2D eigenvalue weighted by Crippen LogP contribution is 2.30. The molecule has 2 aromatic rings. The Hall–Kier alpha value is -2.22. The minimum Gasteiger partial charge on any atom is -0.493 e. The first-order valence-corrected chi connectivity index (χ1v) is 6.49. The van der Waals surface area contributed by atoms with Crippen LogP contribution >= 0.6 is 15.9 Å². The monoisotopic (exact) mass is 341 g/mol. The number of alkyl halides is 1. The predicted molar refractivity (Wildman–Crippen MR) is 73.8 cm³/mol. The average Bonchev–Trinajstić information content (AvgIpc) is 2.44. The molecule has 0 aliphatic rings. The van der Waals surface area contributed by atoms with E-state index in [1.165, 1.54) is 19.2 Å². The first-order chi connectivity index (χ1) is 9.47. The molecule has 0 spiro atoms. The van der Waals surface area contributed by atoms with Crippen LogP contribution in [-0.4, -0.2) is 23.1 Å². The number of fused-ring (bicyclic) bond motifs is 1. The van der Waals surface area contributed by atoms with Gasteiger partial charge in [-0.25, -0.2) is 4.79 Å². The van der Waals surface area contributed by atoms with Crippen LogP contribution in [0.25, 0.3) is 11.0 Å². The van der Waals surface area contributed by atoms with Crippen molar-refractivity contribution in [2.45, 2.75) is 0 Å². The zero-order chi connectivity index (χ0) is 14.9. The number of benzene rings is 1. The third kappa shape index (κ3) is 2.42. The number of halogens is 1. The molecule has 1 aromatic carbocycles. The van der Waals surface area contributed by atoms with Gasteiger partial charge in [0.05, 0.1) is 23.4 Å². The second kappa shape index (κ2) is 5.41. The quantitative estimate of drug-likeness (QED) is 0.278. The van der Waals surface area contributed by atoms with E-state index < -0.39 is 16.3 Å². The van der Waals surface area contributed by atoms with Crippen LogP contribution in [0.4, 0.5) is 5.69 Å². The summed E-state index contributed by atoms with van der Waals surface area (Å²) in [6.45, 7) is 0. The Balaban J connectivity index is 2.82. The molecule has 0 fully saturated rings. The van der Waals surface area contributed by atoms with Gasteiger partial charge in [-0.3, -0.25) is 14.9 Å². The first kappa shape index (κ1) is 14.2. The second-order valence-electron chi connectivity index (χ2n) is 3.83. The normalized spacial score (nSPS) is 10.5. The van der Waals surface area contributed by atoms with Crippen molar-refractivity contribution in [3.05, 3.63) is 44.3 Å². The minimum absolute atomic E-state index is 0.0463. The van der Waals surface area contributed by atoms with Gasteiger partial charge in [0, 0.05) is 11.5 Å². The summed E-state index contributed by atoms with van der Waals surface area (Å²) in [6, 6.07) is 3.63. The van der Waals surface area contributed by atoms with Gasteiger partial charge >= 0.3 is 5.63 Å². The topological polar surface area (TPSA) is 99.6 Å². The summed E-state index contributed by atoms with van der Waals surface area (Å²) < 4.78 is 10.00. The zero-order valence-corrected chi connectivity index (χ0v) is 11.8. The predicted octanol–water partition coefficient (Wildman–Crippen LogP) is 2.29. The van der Waals surface area contributed by atoms with E-state index in [1.807, 2.05) is 0 Å². The van der Waals surface area contributed by atoms with E-state index in [9.17, 15) is 19.7 Å². The van der Waals surface area contributed by atoms with Crippen molar-refractivity contribution in [2.24, 2.45) is 0 Å². The molecular weight excluding hydrogens is 334 g/mol. The zero-order valence-electron chi connectivity index (χ0n) is 10.2. The molecule has 0 atom stereocenters. The molecule has 0 radical (unpaired) electrons. The summed E-state index contributed by atoms with van der Waals surface area (Å²) >= 11 is 2.95. The van der Waals surface area contributed by atoms with Crippen molar-refractivity contribution < 1.29 is 18.9 Å². The van der Waals surface area contributed by atoms with Crippen molar-refractivity contribution in [1.82, 2.24) is 0 Å². The number of carbonyl (C=O) groups is 1. The van der Waals surface area contributed by atoms with Crippen molar-refractivity contribution in [3.63, 3.8) is 0 Å². The molecule has 0 saturated carbocycles. The second-order valence-corrected chi connectivity index (χ2v) is 4.39. The molecule has 0 amide bonds. The van der Waals surface area contributed by atoms with Crippen molar-refractivity contribution in [2.75, 3.05) is 12.4 Å². The molecule has 0 aliphatic heterocycles. The number of nitrogens with zero attached hydrogens (tertiary/aromatic N) is 1. The van der Waals surface area contributed by atoms with Crippen LogP contribution in [0.2, 0.25) is 0 Å². The standard InChI is InChI=1S/C12H8BrNO6/c1-19-10-4-7(14(17)18)2-6-3-8(9(15)5-13)12(16)20-11(6)10/h2-4H,5H2,1H3. The lowest BCUT2D eigenvalue weighted by atomic mass is 10.1. The van der Waals surface area contributed by atoms with E-state index in [-0.39, 0.29) is 33.3 Å². The smallest absolute Gasteiger partial charge is 0.347 e. The number of ketones is 1. The Kier molecular flexibility index (Phi) is 3.84. The Morgan fingerprint density at radius 3 is 2.70 bits per heavy atom. The number of rotatable bonds is 4. The van der Waals surface area contributed by atoms with E-state index in [0.29, 0.717) is 0 Å². The number of nitro benzene ring substituents is 1. The van der Waals surface area contributed by atoms with Gasteiger partial charge in [-0.1, -0.05) is 15.9 Å². The number of hydrogen-bond acceptors (Lipinski definition) is 6. The maximum absolute atomic E-state index is 11.7. The molecule has 0 saturated heterocycles.